The van der Waals surface area contributed by atoms with Gasteiger partial charge in [0.2, 0.25) is 11.8 Å². The number of anilines is 1. The Bertz CT molecular complexity index is 1420. The Morgan fingerprint density at radius 2 is 1.63 bits per heavy atom. The first kappa shape index (κ1) is 32.0. The normalized spacial score (nSPS) is 12.1. The summed E-state index contributed by atoms with van der Waals surface area (Å²) < 4.78 is 34.6. The molecule has 0 aromatic heterocycles. The molecule has 0 radical (unpaired) electrons. The van der Waals surface area contributed by atoms with Crippen molar-refractivity contribution in [3.63, 3.8) is 0 Å². The molecule has 1 atom stereocenters. The SMILES string of the molecule is CCOc1ccc(N(CC(=O)N(Cc2cccc(C)c2)[C@@H](C)C(=O)NC(C)C)S(=O)(=O)c2ccc(SC)cc2)cc1. The molecule has 0 spiro atoms. The second-order valence-corrected chi connectivity index (χ2v) is 12.7. The van der Waals surface area contributed by atoms with E-state index in [-0.39, 0.29) is 23.4 Å². The number of nitrogens with one attached hydrogen (secondary N) is 1. The molecule has 0 aliphatic carbocycles. The van der Waals surface area contributed by atoms with Crippen LogP contribution in [0, 0.1) is 6.92 Å². The zero-order valence-electron chi connectivity index (χ0n) is 24.5. The fourth-order valence-corrected chi connectivity index (χ4v) is 6.10. The van der Waals surface area contributed by atoms with Gasteiger partial charge >= 0.3 is 0 Å². The summed E-state index contributed by atoms with van der Waals surface area (Å²) in [5, 5.41) is 2.86. The van der Waals surface area contributed by atoms with Crippen molar-refractivity contribution < 1.29 is 22.7 Å². The van der Waals surface area contributed by atoms with Crippen LogP contribution in [-0.2, 0) is 26.2 Å². The lowest BCUT2D eigenvalue weighted by Crippen LogP contribution is -2.52. The third-order valence-corrected chi connectivity index (χ3v) is 8.93. The van der Waals surface area contributed by atoms with Crippen LogP contribution in [0.4, 0.5) is 5.69 Å². The molecule has 41 heavy (non-hydrogen) atoms. The van der Waals surface area contributed by atoms with Gasteiger partial charge in [-0.05, 0) is 95.0 Å². The highest BCUT2D eigenvalue weighted by molar-refractivity contribution is 7.98. The van der Waals surface area contributed by atoms with Gasteiger partial charge in [-0.25, -0.2) is 8.42 Å². The minimum Gasteiger partial charge on any atom is -0.494 e. The molecule has 3 aromatic carbocycles. The molecular formula is C31H39N3O5S2. The van der Waals surface area contributed by atoms with Crippen LogP contribution < -0.4 is 14.4 Å². The standard InChI is InChI=1S/C31H39N3O5S2/c1-7-39-27-13-11-26(12-14-27)34(41(37,38)29-17-15-28(40-6)16-18-29)21-30(35)33(24(5)31(36)32-22(2)3)20-25-10-8-9-23(4)19-25/h8-19,22,24H,7,20-21H2,1-6H3,(H,32,36)/t24-/m0/s1. The van der Waals surface area contributed by atoms with Gasteiger partial charge in [0, 0.05) is 17.5 Å². The number of hydrogen-bond donors (Lipinski definition) is 1. The molecule has 220 valence electrons. The molecule has 0 saturated heterocycles. The van der Waals surface area contributed by atoms with Crippen molar-refractivity contribution >= 4 is 39.3 Å². The Hall–Kier alpha value is -3.50. The largest absolute Gasteiger partial charge is 0.494 e. The smallest absolute Gasteiger partial charge is 0.264 e. The Kier molecular flexibility index (Phi) is 11.3. The van der Waals surface area contributed by atoms with E-state index in [1.807, 2.05) is 58.2 Å². The average molecular weight is 598 g/mol. The molecular weight excluding hydrogens is 558 g/mol. The number of carbonyl (C=O) groups excluding carboxylic acids is 2. The van der Waals surface area contributed by atoms with E-state index in [1.165, 1.54) is 28.8 Å². The lowest BCUT2D eigenvalue weighted by Gasteiger charge is -2.32. The van der Waals surface area contributed by atoms with E-state index in [0.717, 1.165) is 20.3 Å². The molecule has 0 fully saturated rings. The third-order valence-electron chi connectivity index (χ3n) is 6.40. The van der Waals surface area contributed by atoms with Gasteiger partial charge in [0.05, 0.1) is 17.2 Å². The first-order valence-corrected chi connectivity index (χ1v) is 16.2. The third kappa shape index (κ3) is 8.50. The summed E-state index contributed by atoms with van der Waals surface area (Å²) in [5.41, 5.74) is 2.16. The summed E-state index contributed by atoms with van der Waals surface area (Å²) in [6.45, 7) is 9.28. The number of ether oxygens (including phenoxy) is 1. The van der Waals surface area contributed by atoms with Crippen LogP contribution in [0.15, 0.2) is 82.6 Å². The molecule has 0 unspecified atom stereocenters. The van der Waals surface area contributed by atoms with Crippen LogP contribution in [0.3, 0.4) is 0 Å². The number of thioether (sulfide) groups is 1. The molecule has 0 bridgehead atoms. The molecule has 0 aliphatic rings. The second-order valence-electron chi connectivity index (χ2n) is 9.96. The number of hydrogen-bond acceptors (Lipinski definition) is 6. The number of amides is 2. The summed E-state index contributed by atoms with van der Waals surface area (Å²) in [5.74, 6) is -0.232. The molecule has 3 aromatic rings. The van der Waals surface area contributed by atoms with Gasteiger partial charge in [-0.1, -0.05) is 29.8 Å². The van der Waals surface area contributed by atoms with Crippen molar-refractivity contribution in [2.24, 2.45) is 0 Å². The quantitative estimate of drug-likeness (QED) is 0.270. The molecule has 2 amide bonds. The maximum absolute atomic E-state index is 14.0. The zero-order chi connectivity index (χ0) is 30.2. The van der Waals surface area contributed by atoms with E-state index in [2.05, 4.69) is 5.32 Å². The Balaban J connectivity index is 2.04. The van der Waals surface area contributed by atoms with Crippen molar-refractivity contribution in [3.8, 4) is 5.75 Å². The van der Waals surface area contributed by atoms with Crippen molar-refractivity contribution in [1.82, 2.24) is 10.2 Å². The number of carbonyl (C=O) groups is 2. The van der Waals surface area contributed by atoms with E-state index in [4.69, 9.17) is 4.74 Å². The second kappa shape index (κ2) is 14.4. The topological polar surface area (TPSA) is 96.0 Å². The lowest BCUT2D eigenvalue weighted by molar-refractivity contribution is -0.139. The van der Waals surface area contributed by atoms with Gasteiger partial charge in [-0.15, -0.1) is 11.8 Å². The van der Waals surface area contributed by atoms with Crippen molar-refractivity contribution in [3.05, 3.63) is 83.9 Å². The van der Waals surface area contributed by atoms with Crippen LogP contribution in [0.25, 0.3) is 0 Å². The summed E-state index contributed by atoms with van der Waals surface area (Å²) in [4.78, 5) is 29.5. The monoisotopic (exact) mass is 597 g/mol. The number of nitrogens with zero attached hydrogens (tertiary/aromatic N) is 2. The maximum atomic E-state index is 14.0. The molecule has 0 aliphatic heterocycles. The summed E-state index contributed by atoms with van der Waals surface area (Å²) >= 11 is 1.50. The van der Waals surface area contributed by atoms with Gasteiger partial charge in [0.1, 0.15) is 18.3 Å². The van der Waals surface area contributed by atoms with Gasteiger partial charge in [-0.3, -0.25) is 13.9 Å². The predicted octanol–water partition coefficient (Wildman–Crippen LogP) is 5.25. The van der Waals surface area contributed by atoms with Gasteiger partial charge in [0.25, 0.3) is 10.0 Å². The minimum atomic E-state index is -4.14. The van der Waals surface area contributed by atoms with Crippen LogP contribution in [-0.4, -0.2) is 56.6 Å². The molecule has 0 heterocycles. The summed E-state index contributed by atoms with van der Waals surface area (Å²) in [6, 6.07) is 19.8. The van der Waals surface area contributed by atoms with Crippen LogP contribution in [0.2, 0.25) is 0 Å². The fraction of sp³-hybridized carbons (Fsp3) is 0.355. The van der Waals surface area contributed by atoms with E-state index in [9.17, 15) is 18.0 Å². The average Bonchev–Trinajstić information content (AvgIpc) is 2.94. The molecule has 3 rings (SSSR count). The maximum Gasteiger partial charge on any atom is 0.264 e. The van der Waals surface area contributed by atoms with Gasteiger partial charge in [0.15, 0.2) is 0 Å². The zero-order valence-corrected chi connectivity index (χ0v) is 26.1. The minimum absolute atomic E-state index is 0.0628. The highest BCUT2D eigenvalue weighted by Gasteiger charge is 2.32. The van der Waals surface area contributed by atoms with Crippen LogP contribution in [0.1, 0.15) is 38.8 Å². The molecule has 1 N–H and O–H groups in total. The number of sulfonamides is 1. The van der Waals surface area contributed by atoms with Crippen molar-refractivity contribution in [1.29, 1.82) is 0 Å². The first-order chi connectivity index (χ1) is 19.5. The number of benzene rings is 3. The van der Waals surface area contributed by atoms with Crippen LogP contribution >= 0.6 is 11.8 Å². The van der Waals surface area contributed by atoms with E-state index in [1.54, 1.807) is 43.3 Å². The molecule has 8 nitrogen and oxygen atoms in total. The number of rotatable bonds is 13. The Morgan fingerprint density at radius 1 is 0.976 bits per heavy atom. The summed E-state index contributed by atoms with van der Waals surface area (Å²) in [7, 11) is -4.14. The molecule has 10 heteroatoms. The van der Waals surface area contributed by atoms with E-state index >= 15 is 0 Å². The van der Waals surface area contributed by atoms with E-state index in [0.29, 0.717) is 18.0 Å². The number of aryl methyl sites for hydroxylation is 1. The first-order valence-electron chi connectivity index (χ1n) is 13.5. The highest BCUT2D eigenvalue weighted by atomic mass is 32.2. The van der Waals surface area contributed by atoms with Gasteiger partial charge < -0.3 is 15.0 Å². The Labute approximate surface area is 248 Å². The lowest BCUT2D eigenvalue weighted by atomic mass is 10.1. The van der Waals surface area contributed by atoms with Gasteiger partial charge in [-0.2, -0.15) is 0 Å². The van der Waals surface area contributed by atoms with E-state index < -0.39 is 28.5 Å². The van der Waals surface area contributed by atoms with Crippen molar-refractivity contribution in [2.75, 3.05) is 23.7 Å². The van der Waals surface area contributed by atoms with Crippen LogP contribution in [0.5, 0.6) is 5.75 Å². The van der Waals surface area contributed by atoms with Crippen molar-refractivity contribution in [2.45, 2.75) is 63.0 Å². The predicted molar refractivity (Wildman–Crippen MR) is 165 cm³/mol. The Morgan fingerprint density at radius 3 is 2.20 bits per heavy atom. The fourth-order valence-electron chi connectivity index (χ4n) is 4.27. The highest BCUT2D eigenvalue weighted by Crippen LogP contribution is 2.28. The molecule has 0 saturated carbocycles. The summed E-state index contributed by atoms with van der Waals surface area (Å²) in [6.07, 6.45) is 1.91.